The van der Waals surface area contributed by atoms with Gasteiger partial charge < -0.3 is 15.2 Å². The van der Waals surface area contributed by atoms with Crippen LogP contribution in [0.2, 0.25) is 0 Å². The summed E-state index contributed by atoms with van der Waals surface area (Å²) in [5.74, 6) is -1.82. The molecular formula is C15H25NO4. The van der Waals surface area contributed by atoms with Crippen LogP contribution in [0.5, 0.6) is 0 Å². The minimum atomic E-state index is -0.845. The van der Waals surface area contributed by atoms with Gasteiger partial charge in [-0.3, -0.25) is 9.59 Å². The van der Waals surface area contributed by atoms with E-state index in [-0.39, 0.29) is 29.4 Å². The Morgan fingerprint density at radius 2 is 1.95 bits per heavy atom. The number of carbonyl (C=O) groups is 2. The third-order valence-corrected chi connectivity index (χ3v) is 5.03. The lowest BCUT2D eigenvalue weighted by atomic mass is 9.64. The van der Waals surface area contributed by atoms with Gasteiger partial charge in [0.1, 0.15) is 0 Å². The van der Waals surface area contributed by atoms with Gasteiger partial charge in [0.15, 0.2) is 0 Å². The summed E-state index contributed by atoms with van der Waals surface area (Å²) in [4.78, 5) is 23.5. The zero-order valence-electron chi connectivity index (χ0n) is 12.5. The molecule has 5 nitrogen and oxygen atoms in total. The standard InChI is InChI=1S/C15H25NO4/c1-4-20-12-8-11(15(12,2)3)16-13(17)9-6-5-7-10(9)14(18)19/h9-12H,4-8H2,1-3H3,(H,16,17)(H,18,19)/t9-,10+,11?,12?/m1/s1. The SMILES string of the molecule is CCOC1CC(NC(=O)[C@@H]2CCC[C@@H]2C(=O)O)C1(C)C. The van der Waals surface area contributed by atoms with Crippen molar-refractivity contribution in [1.82, 2.24) is 5.32 Å². The average Bonchev–Trinajstić information content (AvgIpc) is 2.86. The summed E-state index contributed by atoms with van der Waals surface area (Å²) in [6.45, 7) is 6.83. The molecule has 2 saturated carbocycles. The molecule has 20 heavy (non-hydrogen) atoms. The van der Waals surface area contributed by atoms with Crippen LogP contribution in [0.4, 0.5) is 0 Å². The minimum absolute atomic E-state index is 0.0804. The maximum atomic E-state index is 12.3. The molecule has 2 N–H and O–H groups in total. The normalized spacial score (nSPS) is 35.4. The van der Waals surface area contributed by atoms with Crippen molar-refractivity contribution in [3.63, 3.8) is 0 Å². The Kier molecular flexibility index (Phi) is 4.37. The summed E-state index contributed by atoms with van der Waals surface area (Å²) in [5, 5.41) is 12.2. The molecule has 0 aromatic carbocycles. The zero-order chi connectivity index (χ0) is 14.9. The summed E-state index contributed by atoms with van der Waals surface area (Å²) in [7, 11) is 0. The van der Waals surface area contributed by atoms with Crippen molar-refractivity contribution in [3.8, 4) is 0 Å². The predicted octanol–water partition coefficient (Wildman–Crippen LogP) is 1.81. The van der Waals surface area contributed by atoms with Crippen molar-refractivity contribution in [3.05, 3.63) is 0 Å². The number of hydrogen-bond acceptors (Lipinski definition) is 3. The molecule has 2 fully saturated rings. The first-order chi connectivity index (χ1) is 9.37. The number of rotatable bonds is 5. The van der Waals surface area contributed by atoms with Crippen LogP contribution in [0.15, 0.2) is 0 Å². The van der Waals surface area contributed by atoms with Gasteiger partial charge >= 0.3 is 5.97 Å². The molecule has 0 bridgehead atoms. The lowest BCUT2D eigenvalue weighted by Crippen LogP contribution is -2.62. The maximum Gasteiger partial charge on any atom is 0.307 e. The van der Waals surface area contributed by atoms with Crippen LogP contribution in [-0.2, 0) is 14.3 Å². The number of carbonyl (C=O) groups excluding carboxylic acids is 1. The number of nitrogens with one attached hydrogen (secondary N) is 1. The van der Waals surface area contributed by atoms with E-state index in [1.807, 2.05) is 6.92 Å². The summed E-state index contributed by atoms with van der Waals surface area (Å²) < 4.78 is 5.64. The van der Waals surface area contributed by atoms with Gasteiger partial charge in [-0.1, -0.05) is 20.3 Å². The van der Waals surface area contributed by atoms with Crippen LogP contribution in [0.25, 0.3) is 0 Å². The number of carboxylic acid groups (broad SMARTS) is 1. The fourth-order valence-corrected chi connectivity index (χ4v) is 3.46. The first kappa shape index (κ1) is 15.3. The molecule has 5 heteroatoms. The van der Waals surface area contributed by atoms with Crippen molar-refractivity contribution in [2.75, 3.05) is 6.61 Å². The molecule has 114 valence electrons. The molecule has 0 aliphatic heterocycles. The van der Waals surface area contributed by atoms with E-state index >= 15 is 0 Å². The largest absolute Gasteiger partial charge is 0.481 e. The van der Waals surface area contributed by atoms with Gasteiger partial charge in [0, 0.05) is 18.1 Å². The van der Waals surface area contributed by atoms with Crippen molar-refractivity contribution in [2.24, 2.45) is 17.3 Å². The van der Waals surface area contributed by atoms with Crippen molar-refractivity contribution in [1.29, 1.82) is 0 Å². The first-order valence-electron chi connectivity index (χ1n) is 7.52. The van der Waals surface area contributed by atoms with E-state index in [4.69, 9.17) is 9.84 Å². The Morgan fingerprint density at radius 3 is 2.50 bits per heavy atom. The lowest BCUT2D eigenvalue weighted by molar-refractivity contribution is -0.149. The lowest BCUT2D eigenvalue weighted by Gasteiger charge is -2.51. The van der Waals surface area contributed by atoms with E-state index in [1.165, 1.54) is 0 Å². The molecule has 0 aromatic heterocycles. The van der Waals surface area contributed by atoms with Gasteiger partial charge in [-0.15, -0.1) is 0 Å². The molecule has 2 aliphatic carbocycles. The van der Waals surface area contributed by atoms with Gasteiger partial charge in [-0.2, -0.15) is 0 Å². The number of carboxylic acids is 1. The van der Waals surface area contributed by atoms with Gasteiger partial charge in [-0.25, -0.2) is 0 Å². The van der Waals surface area contributed by atoms with Gasteiger partial charge in [0.05, 0.1) is 17.9 Å². The van der Waals surface area contributed by atoms with Gasteiger partial charge in [0.2, 0.25) is 5.91 Å². The van der Waals surface area contributed by atoms with E-state index in [9.17, 15) is 9.59 Å². The first-order valence-corrected chi connectivity index (χ1v) is 7.52. The monoisotopic (exact) mass is 283 g/mol. The van der Waals surface area contributed by atoms with Crippen molar-refractivity contribution >= 4 is 11.9 Å². The molecule has 0 aromatic rings. The predicted molar refractivity (Wildman–Crippen MR) is 74.2 cm³/mol. The Hall–Kier alpha value is -1.10. The fourth-order valence-electron chi connectivity index (χ4n) is 3.46. The van der Waals surface area contributed by atoms with Crippen LogP contribution < -0.4 is 5.32 Å². The quantitative estimate of drug-likeness (QED) is 0.807. The molecule has 2 unspecified atom stereocenters. The molecule has 0 saturated heterocycles. The van der Waals surface area contributed by atoms with Crippen molar-refractivity contribution in [2.45, 2.75) is 58.6 Å². The topological polar surface area (TPSA) is 75.6 Å². The second-order valence-corrected chi connectivity index (χ2v) is 6.54. The van der Waals surface area contributed by atoms with Crippen molar-refractivity contribution < 1.29 is 19.4 Å². The molecule has 2 rings (SSSR count). The second-order valence-electron chi connectivity index (χ2n) is 6.54. The highest BCUT2D eigenvalue weighted by Crippen LogP contribution is 2.43. The molecular weight excluding hydrogens is 258 g/mol. The van der Waals surface area contributed by atoms with Gasteiger partial charge in [0.25, 0.3) is 0 Å². The summed E-state index contributed by atoms with van der Waals surface area (Å²) in [6.07, 6.45) is 3.12. The summed E-state index contributed by atoms with van der Waals surface area (Å²) in [6, 6.07) is 0.0848. The Labute approximate surface area is 120 Å². The van der Waals surface area contributed by atoms with E-state index in [1.54, 1.807) is 0 Å². The van der Waals surface area contributed by atoms with E-state index in [0.717, 1.165) is 12.8 Å². The number of amides is 1. The highest BCUT2D eigenvalue weighted by Gasteiger charge is 2.50. The van der Waals surface area contributed by atoms with Crippen LogP contribution in [0.1, 0.15) is 46.5 Å². The van der Waals surface area contributed by atoms with Crippen LogP contribution in [0.3, 0.4) is 0 Å². The second kappa shape index (κ2) is 5.72. The Bertz CT molecular complexity index is 393. The van der Waals surface area contributed by atoms with Crippen LogP contribution in [-0.4, -0.2) is 35.7 Å². The molecule has 0 spiro atoms. The third kappa shape index (κ3) is 2.68. The minimum Gasteiger partial charge on any atom is -0.481 e. The molecule has 0 radical (unpaired) electrons. The number of aliphatic carboxylic acids is 1. The van der Waals surface area contributed by atoms with E-state index in [2.05, 4.69) is 19.2 Å². The molecule has 4 atom stereocenters. The summed E-state index contributed by atoms with van der Waals surface area (Å²) >= 11 is 0. The highest BCUT2D eigenvalue weighted by molar-refractivity contribution is 5.85. The molecule has 1 amide bonds. The van der Waals surface area contributed by atoms with Crippen LogP contribution >= 0.6 is 0 Å². The van der Waals surface area contributed by atoms with E-state index in [0.29, 0.717) is 19.4 Å². The summed E-state index contributed by atoms with van der Waals surface area (Å²) in [5.41, 5.74) is -0.0804. The van der Waals surface area contributed by atoms with Gasteiger partial charge in [-0.05, 0) is 26.2 Å². The number of ether oxygens (including phenoxy) is 1. The maximum absolute atomic E-state index is 12.3. The number of hydrogen-bond donors (Lipinski definition) is 2. The average molecular weight is 283 g/mol. The molecule has 2 aliphatic rings. The fraction of sp³-hybridized carbons (Fsp3) is 0.867. The smallest absolute Gasteiger partial charge is 0.307 e. The molecule has 0 heterocycles. The Morgan fingerprint density at radius 1 is 1.30 bits per heavy atom. The highest BCUT2D eigenvalue weighted by atomic mass is 16.5. The Balaban J connectivity index is 1.91. The zero-order valence-corrected chi connectivity index (χ0v) is 12.5. The third-order valence-electron chi connectivity index (χ3n) is 5.03. The van der Waals surface area contributed by atoms with Crippen LogP contribution in [0, 0.1) is 17.3 Å². The van der Waals surface area contributed by atoms with E-state index < -0.39 is 11.9 Å².